The number of aliphatic hydroxyl groups excluding tert-OH is 2. The van der Waals surface area contributed by atoms with Gasteiger partial charge in [0, 0.05) is 63.7 Å². The van der Waals surface area contributed by atoms with Crippen molar-refractivity contribution in [3.05, 3.63) is 83.0 Å². The van der Waals surface area contributed by atoms with Gasteiger partial charge in [-0.3, -0.25) is 33.6 Å². The van der Waals surface area contributed by atoms with Gasteiger partial charge in [-0.05, 0) is 112 Å². The normalized spacial score (nSPS) is 43.4. The summed E-state index contributed by atoms with van der Waals surface area (Å²) >= 11 is 4.63. The number of ether oxygens (including phenoxy) is 2. The SMILES string of the molecule is CCC(=O)O[C@]1(C(=O)S)[C@H](C)CC2C3C[C@H](F)C4=CC(=O)C=C[C@]4(C)[C@@]3(F)[C@@H](O)C[C@@]21C.CCC(=O)O[C@]1(C(=O)SCC(=O)c2ccc(C(F)(F)F)cc2)[C@H](C)CC2C3C[C@H](F)C4=CC(=O)C=C[C@]4(C)[C@@]3(F)[C@@H](O)C[C@@]21C. The molecule has 2 N–H and O–H groups in total. The highest BCUT2D eigenvalue weighted by Crippen LogP contribution is 2.74. The molecule has 0 radical (unpaired) electrons. The van der Waals surface area contributed by atoms with Gasteiger partial charge in [0.25, 0.3) is 0 Å². The average Bonchev–Trinajstić information content (AvgIpc) is 4.01. The Kier molecular flexibility index (Phi) is 15.0. The Bertz CT molecular complexity index is 2800. The number of allylic oxidation sites excluding steroid dienone is 8. The smallest absolute Gasteiger partial charge is 0.416 e. The lowest BCUT2D eigenvalue weighted by molar-refractivity contribution is -0.228. The molecule has 0 aromatic heterocycles. The predicted molar refractivity (Wildman–Crippen MR) is 272 cm³/mol. The molecule has 1 aromatic carbocycles. The third-order valence-corrected chi connectivity index (χ3v) is 21.3. The van der Waals surface area contributed by atoms with Gasteiger partial charge in [-0.15, -0.1) is 12.6 Å². The first-order chi connectivity index (χ1) is 35.7. The summed E-state index contributed by atoms with van der Waals surface area (Å²) in [6, 6.07) is 3.57. The number of hydrogen-bond donors (Lipinski definition) is 3. The Morgan fingerprint density at radius 2 is 1.08 bits per heavy atom. The first kappa shape index (κ1) is 58.7. The number of Topliss-reactive ketones (excluding diaryl/α,β-unsaturated/α-hetero) is 1. The van der Waals surface area contributed by atoms with E-state index in [-0.39, 0.29) is 61.7 Å². The minimum absolute atomic E-state index is 0.0421. The molecule has 420 valence electrons. The zero-order valence-electron chi connectivity index (χ0n) is 44.0. The van der Waals surface area contributed by atoms with Crippen molar-refractivity contribution in [1.29, 1.82) is 0 Å². The van der Waals surface area contributed by atoms with Crippen LogP contribution in [0.5, 0.6) is 0 Å². The van der Waals surface area contributed by atoms with Crippen LogP contribution in [0, 0.1) is 57.2 Å². The fraction of sp³-hybridized carbons (Fsp3) is 0.632. The van der Waals surface area contributed by atoms with Crippen molar-refractivity contribution in [2.75, 3.05) is 5.75 Å². The number of benzene rings is 1. The third kappa shape index (κ3) is 8.29. The third-order valence-electron chi connectivity index (χ3n) is 20.0. The number of thioether (sulfide) groups is 1. The first-order valence-corrected chi connectivity index (χ1v) is 27.6. The molecule has 11 nitrogen and oxygen atoms in total. The highest BCUT2D eigenvalue weighted by atomic mass is 32.2. The van der Waals surface area contributed by atoms with Gasteiger partial charge < -0.3 is 19.7 Å². The van der Waals surface area contributed by atoms with E-state index in [0.29, 0.717) is 18.2 Å². The van der Waals surface area contributed by atoms with Crippen LogP contribution in [0.2, 0.25) is 0 Å². The largest absolute Gasteiger partial charge is 0.449 e. The van der Waals surface area contributed by atoms with E-state index in [1.807, 2.05) is 0 Å². The number of esters is 2. The monoisotopic (exact) mass is 1120 g/mol. The number of thiol groups is 1. The lowest BCUT2D eigenvalue weighted by Gasteiger charge is -2.63. The van der Waals surface area contributed by atoms with Crippen LogP contribution >= 0.6 is 24.4 Å². The molecule has 77 heavy (non-hydrogen) atoms. The molecule has 8 aliphatic carbocycles. The van der Waals surface area contributed by atoms with E-state index in [1.165, 1.54) is 45.1 Å². The topological polar surface area (TPSA) is 178 Å². The van der Waals surface area contributed by atoms with Crippen molar-refractivity contribution in [3.63, 3.8) is 0 Å². The molecule has 1 aromatic rings. The first-order valence-electron chi connectivity index (χ1n) is 26.1. The Balaban J connectivity index is 0.000000216. The van der Waals surface area contributed by atoms with E-state index < -0.39 is 161 Å². The predicted octanol–water partition coefficient (Wildman–Crippen LogP) is 10.1. The number of rotatable bonds is 9. The molecule has 0 aliphatic heterocycles. The van der Waals surface area contributed by atoms with Crippen LogP contribution in [-0.2, 0) is 44.4 Å². The van der Waals surface area contributed by atoms with Crippen molar-refractivity contribution in [2.24, 2.45) is 57.2 Å². The highest BCUT2D eigenvalue weighted by molar-refractivity contribution is 8.14. The maximum atomic E-state index is 17.6. The van der Waals surface area contributed by atoms with Crippen molar-refractivity contribution in [3.8, 4) is 0 Å². The summed E-state index contributed by atoms with van der Waals surface area (Å²) in [6.45, 7) is 12.9. The molecule has 0 heterocycles. The Hall–Kier alpha value is -4.40. The van der Waals surface area contributed by atoms with Crippen LogP contribution in [0.3, 0.4) is 0 Å². The van der Waals surface area contributed by atoms with E-state index in [4.69, 9.17) is 9.47 Å². The summed E-state index contributed by atoms with van der Waals surface area (Å²) in [5.74, 6) is -7.81. The molecule has 9 rings (SSSR count). The molecular weight excluding hydrogens is 1060 g/mol. The summed E-state index contributed by atoms with van der Waals surface area (Å²) in [4.78, 5) is 89.3. The number of halogens is 7. The number of aliphatic hydroxyl groups is 2. The molecule has 0 bridgehead atoms. The van der Waals surface area contributed by atoms with Crippen LogP contribution in [0.4, 0.5) is 30.7 Å². The Morgan fingerprint density at radius 1 is 0.675 bits per heavy atom. The molecule has 20 heteroatoms. The molecule has 6 saturated carbocycles. The fourth-order valence-electron chi connectivity index (χ4n) is 16.1. The average molecular weight is 1120 g/mol. The molecule has 0 spiro atoms. The van der Waals surface area contributed by atoms with Gasteiger partial charge in [0.05, 0.1) is 23.5 Å². The van der Waals surface area contributed by atoms with E-state index in [9.17, 15) is 56.9 Å². The molecule has 4 unspecified atom stereocenters. The quantitative estimate of drug-likeness (QED) is 0.0924. The van der Waals surface area contributed by atoms with E-state index in [2.05, 4.69) is 12.6 Å². The maximum Gasteiger partial charge on any atom is 0.416 e. The minimum atomic E-state index is -4.59. The second-order valence-electron chi connectivity index (χ2n) is 23.5. The van der Waals surface area contributed by atoms with Crippen LogP contribution in [0.25, 0.3) is 0 Å². The second kappa shape index (κ2) is 19.7. The van der Waals surface area contributed by atoms with Gasteiger partial charge >= 0.3 is 18.1 Å². The van der Waals surface area contributed by atoms with Gasteiger partial charge in [-0.25, -0.2) is 17.6 Å². The summed E-state index contributed by atoms with van der Waals surface area (Å²) in [7, 11) is 0. The summed E-state index contributed by atoms with van der Waals surface area (Å²) in [5.41, 5.74) is -14.8. The zero-order chi connectivity index (χ0) is 57.2. The maximum absolute atomic E-state index is 17.6. The van der Waals surface area contributed by atoms with E-state index in [0.717, 1.165) is 36.4 Å². The second-order valence-corrected chi connectivity index (χ2v) is 24.9. The number of ketones is 3. The molecule has 6 fully saturated rings. The van der Waals surface area contributed by atoms with Gasteiger partial charge in [-0.1, -0.05) is 77.6 Å². The lowest BCUT2D eigenvalue weighted by atomic mass is 9.44. The highest BCUT2D eigenvalue weighted by Gasteiger charge is 2.80. The van der Waals surface area contributed by atoms with Crippen LogP contribution < -0.4 is 0 Å². The molecule has 0 saturated heterocycles. The number of alkyl halides is 7. The van der Waals surface area contributed by atoms with Crippen molar-refractivity contribution < 1.29 is 84.0 Å². The van der Waals surface area contributed by atoms with Gasteiger partial charge in [0.15, 0.2) is 39.9 Å². The van der Waals surface area contributed by atoms with Gasteiger partial charge in [-0.2, -0.15) is 13.2 Å². The fourth-order valence-corrected chi connectivity index (χ4v) is 17.8. The number of carbonyl (C=O) groups is 7. The zero-order valence-corrected chi connectivity index (χ0v) is 45.7. The molecular formula is C57H65F7O11S2. The Morgan fingerprint density at radius 3 is 1.48 bits per heavy atom. The summed E-state index contributed by atoms with van der Waals surface area (Å²) < 4.78 is 117. The number of hydrogen-bond acceptors (Lipinski definition) is 12. The standard InChI is InChI=1S/C33H35F5O6S.C24H30F2O5S/c1-5-27(42)44-32(28(43)45-16-25(40)18-6-8-19(9-7-18)33(36,37)38)17(2)12-21-22-14-24(34)23-13-20(39)10-11-29(23,3)31(22,35)26(41)15-30(21,32)4;1-5-19(29)31-24(20(30)32)12(2)8-14-15-10-17(25)16-9-13(27)6-7-21(16,3)23(15,26)18(28)11-22(14,24)4/h6-11,13,17,21-22,24,26,41H,5,12,14-16H2,1-4H3;6-7,9,12,14-15,17-18,28H,5,8,10-11H2,1-4H3,(H,30,32)/t17-,21?,22?,24+,26+,29+,30+,31+,32+;12-,14?,15?,17+,18+,21+,22+,23+,24+/m11/s1. The van der Waals surface area contributed by atoms with Crippen molar-refractivity contribution in [1.82, 2.24) is 0 Å². The lowest BCUT2D eigenvalue weighted by Crippen LogP contribution is -2.70. The van der Waals surface area contributed by atoms with Crippen molar-refractivity contribution in [2.45, 2.75) is 160 Å². The number of carbonyl (C=O) groups excluding carboxylic acids is 7. The van der Waals surface area contributed by atoms with Gasteiger partial charge in [0.1, 0.15) is 12.3 Å². The van der Waals surface area contributed by atoms with Gasteiger partial charge in [0.2, 0.25) is 10.2 Å². The minimum Gasteiger partial charge on any atom is -0.449 e. The van der Waals surface area contributed by atoms with E-state index >= 15 is 17.6 Å². The summed E-state index contributed by atoms with van der Waals surface area (Å²) in [5, 5.41) is 21.6. The van der Waals surface area contributed by atoms with Crippen LogP contribution in [0.15, 0.2) is 71.9 Å². The van der Waals surface area contributed by atoms with Crippen LogP contribution in [-0.4, -0.2) is 103 Å². The van der Waals surface area contributed by atoms with Crippen LogP contribution in [0.1, 0.15) is 123 Å². The molecule has 0 amide bonds. The summed E-state index contributed by atoms with van der Waals surface area (Å²) in [6.07, 6.45) is -4.47. The Labute approximate surface area is 452 Å². The van der Waals surface area contributed by atoms with E-state index in [1.54, 1.807) is 34.6 Å². The molecule has 8 aliphatic rings. The number of fused-ring (bicyclic) bond motifs is 10. The molecule has 18 atom stereocenters. The van der Waals surface area contributed by atoms with Crippen molar-refractivity contribution >= 4 is 63.9 Å².